The quantitative estimate of drug-likeness (QED) is 0.508. The van der Waals surface area contributed by atoms with Gasteiger partial charge in [0, 0.05) is 4.47 Å². The summed E-state index contributed by atoms with van der Waals surface area (Å²) in [4.78, 5) is 25.0. The molecule has 1 aliphatic rings. The number of halogens is 5. The van der Waals surface area contributed by atoms with Crippen molar-refractivity contribution in [3.05, 3.63) is 33.7 Å². The van der Waals surface area contributed by atoms with E-state index in [2.05, 4.69) is 30.1 Å². The smallest absolute Gasteiger partial charge is 0.466 e. The van der Waals surface area contributed by atoms with Crippen molar-refractivity contribution < 1.29 is 46.1 Å². The van der Waals surface area contributed by atoms with Gasteiger partial charge in [0.15, 0.2) is 11.6 Å². The van der Waals surface area contributed by atoms with E-state index in [1.54, 1.807) is 0 Å². The maximum Gasteiger partial charge on any atom is 0.573 e. The molecule has 0 amide bonds. The number of methoxy groups -OCH3 is 2. The Kier molecular flexibility index (Phi) is 6.31. The maximum atomic E-state index is 14.1. The van der Waals surface area contributed by atoms with Crippen LogP contribution in [-0.2, 0) is 23.8 Å². The van der Waals surface area contributed by atoms with Crippen molar-refractivity contribution in [3.63, 3.8) is 0 Å². The normalized spacial score (nSPS) is 14.9. The number of hydrogen-bond acceptors (Lipinski definition) is 7. The number of carbonyl (C=O) groups excluding carboxylic acids is 2. The number of ether oxygens (including phenoxy) is 4. The molecule has 0 aromatic heterocycles. The fourth-order valence-corrected chi connectivity index (χ4v) is 2.83. The first-order chi connectivity index (χ1) is 12.6. The predicted octanol–water partition coefficient (Wildman–Crippen LogP) is 2.88. The van der Waals surface area contributed by atoms with E-state index >= 15 is 0 Å². The molecule has 0 aliphatic carbocycles. The number of anilines is 1. The van der Waals surface area contributed by atoms with Crippen LogP contribution in [0, 0.1) is 5.82 Å². The lowest BCUT2D eigenvalue weighted by atomic mass is 10.1. The molecular weight excluding hydrogens is 446 g/mol. The summed E-state index contributed by atoms with van der Waals surface area (Å²) in [5, 5.41) is 0. The molecule has 1 heterocycles. The molecular formula is C15H12BrF4NO6. The molecule has 27 heavy (non-hydrogen) atoms. The zero-order valence-electron chi connectivity index (χ0n) is 13.9. The third-order valence-electron chi connectivity index (χ3n) is 3.35. The van der Waals surface area contributed by atoms with Gasteiger partial charge in [-0.05, 0) is 28.1 Å². The van der Waals surface area contributed by atoms with Crippen LogP contribution < -0.4 is 9.64 Å². The molecule has 0 unspecified atom stereocenters. The van der Waals surface area contributed by atoms with Gasteiger partial charge < -0.3 is 23.8 Å². The van der Waals surface area contributed by atoms with Crippen LogP contribution in [-0.4, -0.2) is 45.9 Å². The highest BCUT2D eigenvalue weighted by molar-refractivity contribution is 9.10. The van der Waals surface area contributed by atoms with Gasteiger partial charge in [-0.2, -0.15) is 0 Å². The molecule has 1 aromatic carbocycles. The van der Waals surface area contributed by atoms with Gasteiger partial charge in [0.05, 0.1) is 26.4 Å². The molecule has 1 aromatic rings. The topological polar surface area (TPSA) is 74.3 Å². The van der Waals surface area contributed by atoms with Gasteiger partial charge in [0.25, 0.3) is 0 Å². The highest BCUT2D eigenvalue weighted by Crippen LogP contribution is 2.43. The fourth-order valence-electron chi connectivity index (χ4n) is 2.31. The minimum atomic E-state index is -5.21. The van der Waals surface area contributed by atoms with Crippen molar-refractivity contribution in [3.8, 4) is 5.75 Å². The molecule has 7 nitrogen and oxygen atoms in total. The average molecular weight is 458 g/mol. The van der Waals surface area contributed by atoms with Crippen LogP contribution in [0.5, 0.6) is 5.75 Å². The fraction of sp³-hybridized carbons (Fsp3) is 0.333. The Labute approximate surface area is 158 Å². The molecule has 148 valence electrons. The molecule has 0 atom stereocenters. The van der Waals surface area contributed by atoms with E-state index in [0.29, 0.717) is 0 Å². The summed E-state index contributed by atoms with van der Waals surface area (Å²) in [7, 11) is 2.05. The van der Waals surface area contributed by atoms with Crippen LogP contribution in [0.15, 0.2) is 27.9 Å². The Hall–Kier alpha value is -2.34. The van der Waals surface area contributed by atoms with Gasteiger partial charge in [-0.1, -0.05) is 0 Å². The predicted molar refractivity (Wildman–Crippen MR) is 85.1 cm³/mol. The number of rotatable bonds is 4. The second-order valence-electron chi connectivity index (χ2n) is 4.97. The van der Waals surface area contributed by atoms with Crippen molar-refractivity contribution >= 4 is 33.6 Å². The van der Waals surface area contributed by atoms with E-state index in [0.717, 1.165) is 31.3 Å². The zero-order chi connectivity index (χ0) is 20.4. The maximum absolute atomic E-state index is 14.1. The van der Waals surface area contributed by atoms with Gasteiger partial charge >= 0.3 is 18.3 Å². The van der Waals surface area contributed by atoms with E-state index in [1.165, 1.54) is 0 Å². The van der Waals surface area contributed by atoms with Crippen LogP contribution in [0.25, 0.3) is 0 Å². The Balaban J connectivity index is 2.73. The van der Waals surface area contributed by atoms with Crippen molar-refractivity contribution in [2.24, 2.45) is 0 Å². The number of hydrogen-bond donors (Lipinski definition) is 0. The molecule has 0 N–H and O–H groups in total. The van der Waals surface area contributed by atoms with Gasteiger partial charge in [-0.3, -0.25) is 0 Å². The Morgan fingerprint density at radius 2 is 1.81 bits per heavy atom. The van der Waals surface area contributed by atoms with Crippen molar-refractivity contribution in [1.29, 1.82) is 0 Å². The van der Waals surface area contributed by atoms with Crippen LogP contribution in [0.4, 0.5) is 23.2 Å². The summed E-state index contributed by atoms with van der Waals surface area (Å²) in [6, 6.07) is 1.84. The molecule has 0 saturated carbocycles. The average Bonchev–Trinajstić information content (AvgIpc) is 2.62. The number of carbonyl (C=O) groups is 2. The van der Waals surface area contributed by atoms with Crippen molar-refractivity contribution in [2.75, 3.05) is 32.5 Å². The van der Waals surface area contributed by atoms with Crippen LogP contribution in [0.1, 0.15) is 0 Å². The van der Waals surface area contributed by atoms with Crippen LogP contribution in [0.3, 0.4) is 0 Å². The molecule has 0 fully saturated rings. The molecule has 2 rings (SSSR count). The third kappa shape index (κ3) is 4.50. The Morgan fingerprint density at radius 1 is 1.19 bits per heavy atom. The summed E-state index contributed by atoms with van der Waals surface area (Å²) in [6.45, 7) is -0.850. The molecule has 0 saturated heterocycles. The SMILES string of the molecule is COC(=O)C1=C(C(=O)OC)N(c2c(Br)ccc(F)c2OC(F)(F)F)COC1. The lowest BCUT2D eigenvalue weighted by Crippen LogP contribution is -2.39. The van der Waals surface area contributed by atoms with Crippen LogP contribution in [0.2, 0.25) is 0 Å². The molecule has 0 bridgehead atoms. The monoisotopic (exact) mass is 457 g/mol. The van der Waals surface area contributed by atoms with E-state index in [4.69, 9.17) is 4.74 Å². The largest absolute Gasteiger partial charge is 0.573 e. The van der Waals surface area contributed by atoms with E-state index < -0.39 is 48.0 Å². The van der Waals surface area contributed by atoms with Crippen LogP contribution >= 0.6 is 15.9 Å². The first-order valence-corrected chi connectivity index (χ1v) is 7.88. The first kappa shape index (κ1) is 21.0. The number of benzene rings is 1. The Bertz CT molecular complexity index is 795. The number of esters is 2. The summed E-state index contributed by atoms with van der Waals surface area (Å²) < 4.78 is 70.4. The standard InChI is InChI=1S/C15H12BrF4NO6/c1-24-13(22)7-5-26-6-21(10(7)14(23)25-2)11-8(16)3-4-9(17)12(11)27-15(18,19)20/h3-4H,5-6H2,1-2H3. The minimum absolute atomic E-state index is 0.0562. The van der Waals surface area contributed by atoms with Gasteiger partial charge in [-0.15, -0.1) is 13.2 Å². The number of alkyl halides is 3. The third-order valence-corrected chi connectivity index (χ3v) is 3.99. The van der Waals surface area contributed by atoms with Gasteiger partial charge in [0.1, 0.15) is 18.1 Å². The van der Waals surface area contributed by atoms with Crippen molar-refractivity contribution in [1.82, 2.24) is 0 Å². The highest BCUT2D eigenvalue weighted by Gasteiger charge is 2.39. The zero-order valence-corrected chi connectivity index (χ0v) is 15.4. The summed E-state index contributed by atoms with van der Waals surface area (Å²) in [5.41, 5.74) is -1.30. The number of nitrogens with zero attached hydrogens (tertiary/aromatic N) is 1. The molecule has 0 spiro atoms. The van der Waals surface area contributed by atoms with Gasteiger partial charge in [0.2, 0.25) is 0 Å². The van der Waals surface area contributed by atoms with E-state index in [1.807, 2.05) is 0 Å². The summed E-state index contributed by atoms with van der Waals surface area (Å²) in [6.07, 6.45) is -5.21. The Morgan fingerprint density at radius 3 is 2.37 bits per heavy atom. The first-order valence-electron chi connectivity index (χ1n) is 7.09. The second-order valence-corrected chi connectivity index (χ2v) is 5.82. The van der Waals surface area contributed by atoms with Crippen molar-refractivity contribution in [2.45, 2.75) is 6.36 Å². The molecule has 1 aliphatic heterocycles. The summed E-state index contributed by atoms with van der Waals surface area (Å²) >= 11 is 2.99. The summed E-state index contributed by atoms with van der Waals surface area (Å²) in [5.74, 6) is -4.59. The second kappa shape index (κ2) is 8.13. The van der Waals surface area contributed by atoms with E-state index in [-0.39, 0.29) is 16.7 Å². The lowest BCUT2D eigenvalue weighted by molar-refractivity contribution is -0.275. The van der Waals surface area contributed by atoms with E-state index in [9.17, 15) is 27.2 Å². The minimum Gasteiger partial charge on any atom is -0.466 e. The molecule has 12 heteroatoms. The molecule has 0 radical (unpaired) electrons. The van der Waals surface area contributed by atoms with Gasteiger partial charge in [-0.25, -0.2) is 14.0 Å². The lowest BCUT2D eigenvalue weighted by Gasteiger charge is -2.33. The highest BCUT2D eigenvalue weighted by atomic mass is 79.9.